The number of Topliss-reactive ketones (excluding diaryl/α,β-unsaturated/α-hetero) is 1. The smallest absolute Gasteiger partial charge is 0.159 e. The van der Waals surface area contributed by atoms with E-state index in [0.29, 0.717) is 6.42 Å². The first-order valence-electron chi connectivity index (χ1n) is 10.3. The molecule has 1 aromatic heterocycles. The second-order valence-electron chi connectivity index (χ2n) is 6.93. The van der Waals surface area contributed by atoms with Gasteiger partial charge in [0, 0.05) is 18.2 Å². The van der Waals surface area contributed by atoms with Crippen molar-refractivity contribution in [2.45, 2.75) is 53.9 Å². The molecule has 0 bridgehead atoms. The van der Waals surface area contributed by atoms with Gasteiger partial charge in [-0.15, -0.1) is 0 Å². The van der Waals surface area contributed by atoms with Crippen LogP contribution in [0.4, 0.5) is 4.39 Å². The third-order valence-electron chi connectivity index (χ3n) is 4.27. The summed E-state index contributed by atoms with van der Waals surface area (Å²) in [5.74, 6) is 1.87. The Hall–Kier alpha value is -2.35. The van der Waals surface area contributed by atoms with Crippen LogP contribution in [0.1, 0.15) is 50.5 Å². The number of fused-ring (bicyclic) bond motifs is 1. The standard InChI is InChI=1S/C12H13FO.C8H12N2OS.C4H8O/c1-3-4-11-8(2)10-7-9(13)5-6-12(10)14-11;1-7-3-5-8(6-4-7)11-12-10-9-2;1-3-4(2)5/h5-7H,3-4H2,1-2H3;3-6,9-10H,1-2H3;3H2,1-2H3. The SMILES string of the molecule is CCC(C)=O.CCCc1oc2ccc(F)cc2c1C.CNNSOc1ccc(C)cc1. The highest BCUT2D eigenvalue weighted by atomic mass is 32.2. The fourth-order valence-corrected chi connectivity index (χ4v) is 2.75. The van der Waals surface area contributed by atoms with Gasteiger partial charge in [-0.2, -0.15) is 4.83 Å². The molecular weight excluding hydrogens is 415 g/mol. The quantitative estimate of drug-likeness (QED) is 0.187. The molecule has 0 atom stereocenters. The number of furan rings is 1. The second kappa shape index (κ2) is 14.6. The topological polar surface area (TPSA) is 63.5 Å². The van der Waals surface area contributed by atoms with Crippen LogP contribution in [0.3, 0.4) is 0 Å². The molecule has 170 valence electrons. The Bertz CT molecular complexity index is 926. The summed E-state index contributed by atoms with van der Waals surface area (Å²) in [5.41, 5.74) is 5.82. The molecule has 0 aliphatic rings. The Balaban J connectivity index is 0.000000259. The summed E-state index contributed by atoms with van der Waals surface area (Å²) < 4.78 is 23.8. The maximum Gasteiger partial charge on any atom is 0.159 e. The van der Waals surface area contributed by atoms with Crippen molar-refractivity contribution >= 4 is 29.0 Å². The number of benzene rings is 2. The molecule has 0 saturated carbocycles. The van der Waals surface area contributed by atoms with Crippen LogP contribution in [0.2, 0.25) is 0 Å². The lowest BCUT2D eigenvalue weighted by atomic mass is 10.1. The zero-order valence-electron chi connectivity index (χ0n) is 19.2. The second-order valence-corrected chi connectivity index (χ2v) is 7.47. The number of ketones is 1. The predicted molar refractivity (Wildman–Crippen MR) is 127 cm³/mol. The summed E-state index contributed by atoms with van der Waals surface area (Å²) in [6, 6.07) is 12.5. The number of carbonyl (C=O) groups is 1. The Morgan fingerprint density at radius 1 is 1.13 bits per heavy atom. The number of halogens is 1. The van der Waals surface area contributed by atoms with Gasteiger partial charge in [-0.05, 0) is 70.1 Å². The van der Waals surface area contributed by atoms with Gasteiger partial charge in [0.1, 0.15) is 28.7 Å². The average Bonchev–Trinajstić information content (AvgIpc) is 3.06. The Labute approximate surface area is 189 Å². The van der Waals surface area contributed by atoms with Crippen LogP contribution >= 0.6 is 12.2 Å². The molecule has 0 saturated heterocycles. The van der Waals surface area contributed by atoms with E-state index in [4.69, 9.17) is 8.60 Å². The van der Waals surface area contributed by atoms with Gasteiger partial charge in [0.25, 0.3) is 0 Å². The van der Waals surface area contributed by atoms with Crippen molar-refractivity contribution in [2.24, 2.45) is 0 Å². The van der Waals surface area contributed by atoms with E-state index < -0.39 is 0 Å². The molecule has 1 heterocycles. The molecule has 0 radical (unpaired) electrons. The third kappa shape index (κ3) is 10.0. The van der Waals surface area contributed by atoms with E-state index >= 15 is 0 Å². The molecule has 7 heteroatoms. The fraction of sp³-hybridized carbons (Fsp3) is 0.375. The zero-order valence-corrected chi connectivity index (χ0v) is 20.0. The van der Waals surface area contributed by atoms with Gasteiger partial charge in [-0.3, -0.25) is 0 Å². The summed E-state index contributed by atoms with van der Waals surface area (Å²) in [6.07, 6.45) is 2.63. The Kier molecular flexibility index (Phi) is 12.6. The lowest BCUT2D eigenvalue weighted by Gasteiger charge is -2.03. The Morgan fingerprint density at radius 2 is 1.77 bits per heavy atom. The first kappa shape index (κ1) is 26.7. The van der Waals surface area contributed by atoms with Crippen LogP contribution in [0.15, 0.2) is 46.9 Å². The van der Waals surface area contributed by atoms with Crippen molar-refractivity contribution < 1.29 is 17.8 Å². The maximum atomic E-state index is 13.0. The molecule has 0 fully saturated rings. The molecule has 0 aliphatic carbocycles. The summed E-state index contributed by atoms with van der Waals surface area (Å²) in [6.45, 7) is 9.56. The van der Waals surface area contributed by atoms with Crippen LogP contribution in [-0.2, 0) is 11.2 Å². The van der Waals surface area contributed by atoms with E-state index in [1.165, 1.54) is 17.7 Å². The van der Waals surface area contributed by atoms with Gasteiger partial charge in [0.05, 0.1) is 0 Å². The van der Waals surface area contributed by atoms with Crippen LogP contribution in [0.25, 0.3) is 11.0 Å². The largest absolute Gasteiger partial charge is 0.461 e. The molecule has 0 amide bonds. The first-order chi connectivity index (χ1) is 14.8. The van der Waals surface area contributed by atoms with Crippen molar-refractivity contribution in [1.82, 2.24) is 10.3 Å². The van der Waals surface area contributed by atoms with Gasteiger partial charge in [0.2, 0.25) is 0 Å². The zero-order chi connectivity index (χ0) is 23.2. The lowest BCUT2D eigenvalue weighted by Crippen LogP contribution is -2.20. The summed E-state index contributed by atoms with van der Waals surface area (Å²) in [4.78, 5) is 12.6. The number of hydrazine groups is 1. The van der Waals surface area contributed by atoms with E-state index in [2.05, 4.69) is 17.2 Å². The van der Waals surface area contributed by atoms with E-state index in [-0.39, 0.29) is 11.6 Å². The summed E-state index contributed by atoms with van der Waals surface area (Å²) in [7, 11) is 1.78. The average molecular weight is 449 g/mol. The monoisotopic (exact) mass is 448 g/mol. The third-order valence-corrected chi connectivity index (χ3v) is 4.84. The first-order valence-corrected chi connectivity index (χ1v) is 11.0. The fourth-order valence-electron chi connectivity index (χ4n) is 2.41. The van der Waals surface area contributed by atoms with Crippen LogP contribution in [-0.4, -0.2) is 12.8 Å². The number of hydrogen-bond acceptors (Lipinski definition) is 6. The predicted octanol–water partition coefficient (Wildman–Crippen LogP) is 6.48. The van der Waals surface area contributed by atoms with Gasteiger partial charge in [0.15, 0.2) is 12.2 Å². The number of aryl methyl sites for hydroxylation is 3. The van der Waals surface area contributed by atoms with E-state index in [9.17, 15) is 9.18 Å². The van der Waals surface area contributed by atoms with Crippen molar-refractivity contribution in [1.29, 1.82) is 0 Å². The van der Waals surface area contributed by atoms with Crippen molar-refractivity contribution in [3.63, 3.8) is 0 Å². The van der Waals surface area contributed by atoms with Crippen molar-refractivity contribution in [3.8, 4) is 5.75 Å². The highest BCUT2D eigenvalue weighted by Gasteiger charge is 2.09. The highest BCUT2D eigenvalue weighted by Crippen LogP contribution is 2.26. The highest BCUT2D eigenvalue weighted by molar-refractivity contribution is 7.93. The number of nitrogens with one attached hydrogen (secondary N) is 2. The van der Waals surface area contributed by atoms with Crippen molar-refractivity contribution in [2.75, 3.05) is 7.05 Å². The normalized spacial score (nSPS) is 10.0. The molecule has 3 rings (SSSR count). The molecule has 31 heavy (non-hydrogen) atoms. The molecule has 2 N–H and O–H groups in total. The number of carbonyl (C=O) groups excluding carboxylic acids is 1. The molecule has 2 aromatic carbocycles. The summed E-state index contributed by atoms with van der Waals surface area (Å²) >= 11 is 1.15. The number of rotatable bonds is 7. The minimum atomic E-state index is -0.204. The number of hydrogen-bond donors (Lipinski definition) is 2. The van der Waals surface area contributed by atoms with Gasteiger partial charge < -0.3 is 13.4 Å². The van der Waals surface area contributed by atoms with Crippen molar-refractivity contribution in [3.05, 3.63) is 65.2 Å². The van der Waals surface area contributed by atoms with Gasteiger partial charge in [-0.25, -0.2) is 9.82 Å². The molecule has 0 aliphatic heterocycles. The molecule has 0 spiro atoms. The molecular formula is C24H33FN2O3S. The van der Waals surface area contributed by atoms with E-state index in [1.807, 2.05) is 45.0 Å². The Morgan fingerprint density at radius 3 is 2.32 bits per heavy atom. The van der Waals surface area contributed by atoms with Gasteiger partial charge >= 0.3 is 0 Å². The van der Waals surface area contributed by atoms with E-state index in [1.54, 1.807) is 20.0 Å². The molecule has 3 aromatic rings. The van der Waals surface area contributed by atoms with Crippen LogP contribution in [0, 0.1) is 19.7 Å². The minimum absolute atomic E-state index is 0.204. The minimum Gasteiger partial charge on any atom is -0.461 e. The molecule has 0 unspecified atom stereocenters. The maximum absolute atomic E-state index is 13.0. The van der Waals surface area contributed by atoms with Crippen LogP contribution < -0.4 is 14.4 Å². The lowest BCUT2D eigenvalue weighted by molar-refractivity contribution is -0.116. The van der Waals surface area contributed by atoms with Crippen LogP contribution in [0.5, 0.6) is 5.75 Å². The van der Waals surface area contributed by atoms with Gasteiger partial charge in [-0.1, -0.05) is 31.5 Å². The summed E-state index contributed by atoms with van der Waals surface area (Å²) in [5, 5.41) is 0.897. The van der Waals surface area contributed by atoms with E-state index in [0.717, 1.165) is 53.1 Å². The molecule has 5 nitrogen and oxygen atoms in total.